The Bertz CT molecular complexity index is 512. The first kappa shape index (κ1) is 11.3. The molecule has 0 saturated carbocycles. The van der Waals surface area contributed by atoms with Crippen molar-refractivity contribution >= 4 is 18.0 Å². The van der Waals surface area contributed by atoms with Gasteiger partial charge in [0, 0.05) is 6.21 Å². The smallest absolute Gasteiger partial charge is 0.123 e. The molecule has 0 fully saturated rings. The molecule has 0 aliphatic carbocycles. The Kier molecular flexibility index (Phi) is 3.81. The molecule has 2 rings (SSSR count). The molecule has 0 atom stereocenters. The van der Waals surface area contributed by atoms with Gasteiger partial charge in [-0.1, -0.05) is 36.4 Å². The van der Waals surface area contributed by atoms with E-state index >= 15 is 0 Å². The number of benzene rings is 2. The van der Waals surface area contributed by atoms with Crippen LogP contribution in [0.2, 0.25) is 0 Å². The van der Waals surface area contributed by atoms with E-state index in [0.717, 1.165) is 11.3 Å². The number of halogens is 1. The molecule has 0 aromatic heterocycles. The van der Waals surface area contributed by atoms with Gasteiger partial charge in [0.1, 0.15) is 5.82 Å². The van der Waals surface area contributed by atoms with Gasteiger partial charge < -0.3 is 0 Å². The first-order chi connectivity index (χ1) is 8.34. The lowest BCUT2D eigenvalue weighted by atomic mass is 10.2. The lowest BCUT2D eigenvalue weighted by molar-refractivity contribution is 0.628. The highest BCUT2D eigenvalue weighted by molar-refractivity contribution is 5.80. The molecule has 1 nitrogen and oxygen atoms in total. The summed E-state index contributed by atoms with van der Waals surface area (Å²) in [6.45, 7) is 0. The summed E-state index contributed by atoms with van der Waals surface area (Å²) < 4.78 is 12.6. The molecule has 0 heterocycles. The van der Waals surface area contributed by atoms with Gasteiger partial charge in [0.05, 0.1) is 5.69 Å². The van der Waals surface area contributed by atoms with Crippen molar-refractivity contribution in [3.8, 4) is 0 Å². The Morgan fingerprint density at radius 1 is 0.882 bits per heavy atom. The second-order valence-corrected chi connectivity index (χ2v) is 3.52. The van der Waals surface area contributed by atoms with Gasteiger partial charge in [-0.25, -0.2) is 4.39 Å². The quantitative estimate of drug-likeness (QED) is 0.693. The van der Waals surface area contributed by atoms with Crippen LogP contribution in [0.15, 0.2) is 65.7 Å². The molecule has 0 N–H and O–H groups in total. The molecular formula is C15H12FN. The Hall–Kier alpha value is -2.22. The topological polar surface area (TPSA) is 12.4 Å². The van der Waals surface area contributed by atoms with Gasteiger partial charge in [-0.3, -0.25) is 4.99 Å². The average Bonchev–Trinajstić information content (AvgIpc) is 2.38. The van der Waals surface area contributed by atoms with E-state index in [-0.39, 0.29) is 5.82 Å². The van der Waals surface area contributed by atoms with E-state index in [0.29, 0.717) is 0 Å². The van der Waals surface area contributed by atoms with Crippen LogP contribution in [-0.2, 0) is 0 Å². The van der Waals surface area contributed by atoms with Crippen LogP contribution in [0.1, 0.15) is 5.56 Å². The monoisotopic (exact) mass is 225 g/mol. The first-order valence-corrected chi connectivity index (χ1v) is 5.36. The van der Waals surface area contributed by atoms with Gasteiger partial charge in [-0.2, -0.15) is 0 Å². The second-order valence-electron chi connectivity index (χ2n) is 3.52. The fourth-order valence-electron chi connectivity index (χ4n) is 1.37. The zero-order valence-electron chi connectivity index (χ0n) is 9.25. The van der Waals surface area contributed by atoms with E-state index in [9.17, 15) is 4.39 Å². The molecule has 17 heavy (non-hydrogen) atoms. The van der Waals surface area contributed by atoms with E-state index in [1.165, 1.54) is 12.1 Å². The van der Waals surface area contributed by atoms with E-state index in [1.807, 2.05) is 42.5 Å². The van der Waals surface area contributed by atoms with Crippen LogP contribution >= 0.6 is 0 Å². The molecule has 2 heteroatoms. The normalized spacial score (nSPS) is 11.4. The van der Waals surface area contributed by atoms with E-state index in [2.05, 4.69) is 4.99 Å². The molecule has 2 aromatic rings. The van der Waals surface area contributed by atoms with E-state index in [4.69, 9.17) is 0 Å². The summed E-state index contributed by atoms with van der Waals surface area (Å²) in [4.78, 5) is 4.18. The standard InChI is InChI=1S/C15H12FN/c16-14-8-10-15(11-9-14)17-12-4-7-13-5-2-1-3-6-13/h1-12H/b7-4+,17-12?. The van der Waals surface area contributed by atoms with E-state index in [1.54, 1.807) is 18.3 Å². The molecule has 0 saturated heterocycles. The second kappa shape index (κ2) is 5.75. The zero-order chi connectivity index (χ0) is 11.9. The van der Waals surface area contributed by atoms with Crippen LogP contribution in [0.25, 0.3) is 6.08 Å². The number of rotatable bonds is 3. The van der Waals surface area contributed by atoms with Crippen molar-refractivity contribution in [2.75, 3.05) is 0 Å². The van der Waals surface area contributed by atoms with Gasteiger partial charge in [-0.05, 0) is 35.9 Å². The van der Waals surface area contributed by atoms with Crippen molar-refractivity contribution in [2.24, 2.45) is 4.99 Å². The maximum Gasteiger partial charge on any atom is 0.123 e. The minimum atomic E-state index is -0.247. The summed E-state index contributed by atoms with van der Waals surface area (Å²) in [5, 5.41) is 0. The van der Waals surface area contributed by atoms with Gasteiger partial charge in [0.15, 0.2) is 0 Å². The third kappa shape index (κ3) is 3.68. The lowest BCUT2D eigenvalue weighted by Gasteiger charge is -1.91. The van der Waals surface area contributed by atoms with Gasteiger partial charge in [-0.15, -0.1) is 0 Å². The molecular weight excluding hydrogens is 213 g/mol. The molecule has 0 radical (unpaired) electrons. The molecule has 0 bridgehead atoms. The van der Waals surface area contributed by atoms with Crippen LogP contribution in [-0.4, -0.2) is 6.21 Å². The largest absolute Gasteiger partial charge is 0.257 e. The van der Waals surface area contributed by atoms with Gasteiger partial charge >= 0.3 is 0 Å². The maximum absolute atomic E-state index is 12.6. The summed E-state index contributed by atoms with van der Waals surface area (Å²) >= 11 is 0. The zero-order valence-corrected chi connectivity index (χ0v) is 9.25. The summed E-state index contributed by atoms with van der Waals surface area (Å²) in [7, 11) is 0. The minimum absolute atomic E-state index is 0.247. The predicted octanol–water partition coefficient (Wildman–Crippen LogP) is 4.24. The van der Waals surface area contributed by atoms with Crippen LogP contribution in [0.5, 0.6) is 0 Å². The van der Waals surface area contributed by atoms with Crippen LogP contribution in [0.3, 0.4) is 0 Å². The van der Waals surface area contributed by atoms with Crippen molar-refractivity contribution in [3.05, 3.63) is 72.1 Å². The summed E-state index contributed by atoms with van der Waals surface area (Å²) in [6, 6.07) is 16.0. The Morgan fingerprint density at radius 3 is 2.29 bits per heavy atom. The fourth-order valence-corrected chi connectivity index (χ4v) is 1.37. The number of aliphatic imine (C=N–C) groups is 1. The molecule has 0 amide bonds. The van der Waals surface area contributed by atoms with Crippen molar-refractivity contribution in [1.82, 2.24) is 0 Å². The molecule has 2 aromatic carbocycles. The van der Waals surface area contributed by atoms with Crippen molar-refractivity contribution < 1.29 is 4.39 Å². The van der Waals surface area contributed by atoms with Crippen molar-refractivity contribution in [3.63, 3.8) is 0 Å². The highest BCUT2D eigenvalue weighted by atomic mass is 19.1. The third-order valence-corrected chi connectivity index (χ3v) is 2.22. The Morgan fingerprint density at radius 2 is 1.59 bits per heavy atom. The Labute approximate surface area is 100.0 Å². The molecule has 0 spiro atoms. The molecule has 0 aliphatic rings. The van der Waals surface area contributed by atoms with Crippen LogP contribution in [0, 0.1) is 5.82 Å². The fraction of sp³-hybridized carbons (Fsp3) is 0. The van der Waals surface area contributed by atoms with Crippen LogP contribution < -0.4 is 0 Å². The lowest BCUT2D eigenvalue weighted by Crippen LogP contribution is -1.72. The number of nitrogens with zero attached hydrogens (tertiary/aromatic N) is 1. The highest BCUT2D eigenvalue weighted by Gasteiger charge is 1.88. The third-order valence-electron chi connectivity index (χ3n) is 2.22. The SMILES string of the molecule is Fc1ccc(N=C/C=C/c2ccccc2)cc1. The molecule has 0 aliphatic heterocycles. The van der Waals surface area contributed by atoms with Crippen LogP contribution in [0.4, 0.5) is 10.1 Å². The van der Waals surface area contributed by atoms with E-state index < -0.39 is 0 Å². The number of allylic oxidation sites excluding steroid dienone is 1. The van der Waals surface area contributed by atoms with Gasteiger partial charge in [0.25, 0.3) is 0 Å². The van der Waals surface area contributed by atoms with Gasteiger partial charge in [0.2, 0.25) is 0 Å². The first-order valence-electron chi connectivity index (χ1n) is 5.36. The number of hydrogen-bond acceptors (Lipinski definition) is 1. The molecule has 84 valence electrons. The summed E-state index contributed by atoms with van der Waals surface area (Å²) in [5.41, 5.74) is 1.86. The van der Waals surface area contributed by atoms with Crippen molar-refractivity contribution in [1.29, 1.82) is 0 Å². The van der Waals surface area contributed by atoms with Crippen molar-refractivity contribution in [2.45, 2.75) is 0 Å². The molecule has 0 unspecified atom stereocenters. The Balaban J connectivity index is 1.98. The summed E-state index contributed by atoms with van der Waals surface area (Å²) in [5.74, 6) is -0.247. The summed E-state index contributed by atoms with van der Waals surface area (Å²) in [6.07, 6.45) is 5.52. The maximum atomic E-state index is 12.6. The average molecular weight is 225 g/mol. The minimum Gasteiger partial charge on any atom is -0.257 e. The predicted molar refractivity (Wildman–Crippen MR) is 70.0 cm³/mol. The number of hydrogen-bond donors (Lipinski definition) is 0. The highest BCUT2D eigenvalue weighted by Crippen LogP contribution is 2.11.